The third-order valence-electron chi connectivity index (χ3n) is 8.99. The second kappa shape index (κ2) is 17.3. The van der Waals surface area contributed by atoms with Crippen molar-refractivity contribution in [3.63, 3.8) is 0 Å². The lowest BCUT2D eigenvalue weighted by Gasteiger charge is -2.36. The molecule has 1 aromatic heterocycles. The van der Waals surface area contributed by atoms with Gasteiger partial charge < -0.3 is 35.0 Å². The summed E-state index contributed by atoms with van der Waals surface area (Å²) in [5.41, 5.74) is 1.19. The van der Waals surface area contributed by atoms with Gasteiger partial charge in [0.05, 0.1) is 30.4 Å². The Kier molecular flexibility index (Phi) is 13.2. The number of urea groups is 1. The van der Waals surface area contributed by atoms with E-state index in [0.717, 1.165) is 44.9 Å². The fourth-order valence-electron chi connectivity index (χ4n) is 6.05. The molecule has 0 radical (unpaired) electrons. The SMILES string of the molecule is C[C@@H]1CCCCO[C@H](CN(C)C(=O)NC2CCCCC2)[C@H](C)CN([C@H](C)CO)C(=O)c2cc(NC(=O)c3ccncc3)ccc2O1. The van der Waals surface area contributed by atoms with Gasteiger partial charge in [0.15, 0.2) is 0 Å². The number of likely N-dealkylation sites (N-methyl/N-ethyl adjacent to an activating group) is 1. The number of aliphatic hydroxyl groups is 1. The lowest BCUT2D eigenvalue weighted by Crippen LogP contribution is -2.50. The van der Waals surface area contributed by atoms with E-state index in [-0.39, 0.29) is 55.2 Å². The number of hydrogen-bond donors (Lipinski definition) is 3. The molecular weight excluding hydrogens is 586 g/mol. The van der Waals surface area contributed by atoms with Crippen molar-refractivity contribution in [3.8, 4) is 5.75 Å². The summed E-state index contributed by atoms with van der Waals surface area (Å²) in [5, 5.41) is 16.3. The Labute approximate surface area is 273 Å². The molecule has 0 unspecified atom stereocenters. The van der Waals surface area contributed by atoms with Gasteiger partial charge in [-0.1, -0.05) is 26.2 Å². The standard InChI is InChI=1S/C35H51N5O6/c1-24-21-40(25(2)23-41)34(43)30-20-29(37-33(42)27-15-17-36-18-16-27)13-14-31(30)46-26(3)10-8-9-19-45-32(24)22-39(4)35(44)38-28-11-6-5-7-12-28/h13-18,20,24-26,28,32,41H,5-12,19,21-23H2,1-4H3,(H,37,42)(H,38,44)/t24-,25-,26-,32-/m1/s1. The van der Waals surface area contributed by atoms with E-state index >= 15 is 0 Å². The topological polar surface area (TPSA) is 133 Å². The predicted molar refractivity (Wildman–Crippen MR) is 177 cm³/mol. The van der Waals surface area contributed by atoms with Crippen LogP contribution in [0, 0.1) is 5.92 Å². The molecule has 1 aliphatic heterocycles. The molecule has 1 aromatic carbocycles. The third-order valence-corrected chi connectivity index (χ3v) is 8.99. The molecule has 0 spiro atoms. The number of ether oxygens (including phenoxy) is 2. The smallest absolute Gasteiger partial charge is 0.317 e. The van der Waals surface area contributed by atoms with Crippen LogP contribution >= 0.6 is 0 Å². The van der Waals surface area contributed by atoms with Crippen molar-refractivity contribution in [2.24, 2.45) is 5.92 Å². The highest BCUT2D eigenvalue weighted by molar-refractivity contribution is 6.05. The maximum Gasteiger partial charge on any atom is 0.317 e. The average molecular weight is 638 g/mol. The lowest BCUT2D eigenvalue weighted by molar-refractivity contribution is -0.0123. The molecule has 2 aliphatic rings. The summed E-state index contributed by atoms with van der Waals surface area (Å²) in [4.78, 5) is 47.6. The number of nitrogens with one attached hydrogen (secondary N) is 2. The van der Waals surface area contributed by atoms with Crippen molar-refractivity contribution in [1.29, 1.82) is 0 Å². The first-order valence-corrected chi connectivity index (χ1v) is 16.7. The number of carbonyl (C=O) groups is 3. The molecule has 2 aromatic rings. The fourth-order valence-corrected chi connectivity index (χ4v) is 6.05. The van der Waals surface area contributed by atoms with Crippen LogP contribution in [0.2, 0.25) is 0 Å². The van der Waals surface area contributed by atoms with E-state index in [1.54, 1.807) is 66.5 Å². The van der Waals surface area contributed by atoms with Crippen molar-refractivity contribution in [2.45, 2.75) is 96.4 Å². The van der Waals surface area contributed by atoms with Crippen LogP contribution in [0.25, 0.3) is 0 Å². The summed E-state index contributed by atoms with van der Waals surface area (Å²) in [6.45, 7) is 6.73. The Morgan fingerprint density at radius 3 is 2.50 bits per heavy atom. The minimum atomic E-state index is -0.504. The maximum absolute atomic E-state index is 14.3. The van der Waals surface area contributed by atoms with Crippen LogP contribution in [0.1, 0.15) is 92.9 Å². The first-order chi connectivity index (χ1) is 22.2. The van der Waals surface area contributed by atoms with Crippen LogP contribution in [0.15, 0.2) is 42.7 Å². The van der Waals surface area contributed by atoms with Gasteiger partial charge in [0.2, 0.25) is 0 Å². The first kappa shape index (κ1) is 35.2. The van der Waals surface area contributed by atoms with Crippen molar-refractivity contribution in [1.82, 2.24) is 20.1 Å². The molecule has 11 nitrogen and oxygen atoms in total. The van der Waals surface area contributed by atoms with Crippen LogP contribution in [0.3, 0.4) is 0 Å². The van der Waals surface area contributed by atoms with Crippen molar-refractivity contribution in [2.75, 3.05) is 38.7 Å². The number of amides is 4. The van der Waals surface area contributed by atoms with Crippen molar-refractivity contribution in [3.05, 3.63) is 53.9 Å². The largest absolute Gasteiger partial charge is 0.490 e. The van der Waals surface area contributed by atoms with Crippen LogP contribution < -0.4 is 15.4 Å². The summed E-state index contributed by atoms with van der Waals surface area (Å²) >= 11 is 0. The number of rotatable bonds is 7. The number of hydrogen-bond acceptors (Lipinski definition) is 7. The Morgan fingerprint density at radius 1 is 1.07 bits per heavy atom. The molecule has 252 valence electrons. The number of aliphatic hydroxyl groups excluding tert-OH is 1. The third kappa shape index (κ3) is 9.90. The quantitative estimate of drug-likeness (QED) is 0.385. The van der Waals surface area contributed by atoms with E-state index in [9.17, 15) is 19.5 Å². The Balaban J connectivity index is 1.58. The molecule has 4 atom stereocenters. The van der Waals surface area contributed by atoms with E-state index in [4.69, 9.17) is 9.47 Å². The number of pyridine rings is 1. The zero-order chi connectivity index (χ0) is 33.1. The van der Waals surface area contributed by atoms with Gasteiger partial charge in [-0.05, 0) is 76.3 Å². The number of aromatic nitrogens is 1. The molecule has 4 amide bonds. The Bertz CT molecular complexity index is 1290. The predicted octanol–water partition coefficient (Wildman–Crippen LogP) is 5.10. The molecule has 2 heterocycles. The highest BCUT2D eigenvalue weighted by Gasteiger charge is 2.31. The monoisotopic (exact) mass is 637 g/mol. The summed E-state index contributed by atoms with van der Waals surface area (Å²) < 4.78 is 12.7. The second-order valence-electron chi connectivity index (χ2n) is 12.9. The van der Waals surface area contributed by atoms with E-state index in [0.29, 0.717) is 35.7 Å². The van der Waals surface area contributed by atoms with Crippen LogP contribution in [0.4, 0.5) is 10.5 Å². The number of carbonyl (C=O) groups excluding carboxylic acids is 3. The maximum atomic E-state index is 14.3. The molecule has 0 saturated heterocycles. The number of benzene rings is 1. The lowest BCUT2D eigenvalue weighted by atomic mass is 9.96. The summed E-state index contributed by atoms with van der Waals surface area (Å²) in [5.74, 6) is -0.388. The molecule has 0 bridgehead atoms. The molecule has 3 N–H and O–H groups in total. The molecule has 1 fully saturated rings. The van der Waals surface area contributed by atoms with E-state index in [1.807, 2.05) is 13.8 Å². The van der Waals surface area contributed by atoms with Gasteiger partial charge in [-0.3, -0.25) is 14.6 Å². The number of anilines is 1. The first-order valence-electron chi connectivity index (χ1n) is 16.7. The van der Waals surface area contributed by atoms with Crippen LogP contribution in [-0.4, -0.2) is 95.4 Å². The summed E-state index contributed by atoms with van der Waals surface area (Å²) in [6, 6.07) is 7.90. The number of fused-ring (bicyclic) bond motifs is 1. The van der Waals surface area contributed by atoms with E-state index in [1.165, 1.54) is 6.42 Å². The average Bonchev–Trinajstić information content (AvgIpc) is 3.06. The minimum Gasteiger partial charge on any atom is -0.490 e. The molecule has 4 rings (SSSR count). The van der Waals surface area contributed by atoms with E-state index < -0.39 is 6.04 Å². The highest BCUT2D eigenvalue weighted by atomic mass is 16.5. The van der Waals surface area contributed by atoms with Gasteiger partial charge in [0.1, 0.15) is 5.75 Å². The normalized spacial score (nSPS) is 22.5. The van der Waals surface area contributed by atoms with Gasteiger partial charge in [-0.2, -0.15) is 0 Å². The highest BCUT2D eigenvalue weighted by Crippen LogP contribution is 2.29. The summed E-state index contributed by atoms with van der Waals surface area (Å²) in [6.07, 6.45) is 10.6. The molecule has 46 heavy (non-hydrogen) atoms. The fraction of sp³-hybridized carbons (Fsp3) is 0.600. The Hall–Kier alpha value is -3.70. The molecule has 1 aliphatic carbocycles. The molecule has 11 heteroatoms. The van der Waals surface area contributed by atoms with Crippen LogP contribution in [0.5, 0.6) is 5.75 Å². The molecule has 1 saturated carbocycles. The second-order valence-corrected chi connectivity index (χ2v) is 12.9. The van der Waals surface area contributed by atoms with E-state index in [2.05, 4.69) is 15.6 Å². The Morgan fingerprint density at radius 2 is 1.78 bits per heavy atom. The van der Waals surface area contributed by atoms with Gasteiger partial charge in [0, 0.05) is 62.3 Å². The van der Waals surface area contributed by atoms with Gasteiger partial charge >= 0.3 is 6.03 Å². The zero-order valence-electron chi connectivity index (χ0n) is 27.7. The van der Waals surface area contributed by atoms with Gasteiger partial charge in [-0.25, -0.2) is 4.79 Å². The van der Waals surface area contributed by atoms with Gasteiger partial charge in [-0.15, -0.1) is 0 Å². The van der Waals surface area contributed by atoms with Crippen LogP contribution in [-0.2, 0) is 4.74 Å². The molecular formula is C35H51N5O6. The van der Waals surface area contributed by atoms with Gasteiger partial charge in [0.25, 0.3) is 11.8 Å². The summed E-state index contributed by atoms with van der Waals surface area (Å²) in [7, 11) is 1.79. The zero-order valence-corrected chi connectivity index (χ0v) is 27.7. The van der Waals surface area contributed by atoms with Crippen molar-refractivity contribution < 1.29 is 29.0 Å². The van der Waals surface area contributed by atoms with Crippen molar-refractivity contribution >= 4 is 23.5 Å². The number of nitrogens with zero attached hydrogens (tertiary/aromatic N) is 3. The minimum absolute atomic E-state index is 0.111.